The Morgan fingerprint density at radius 1 is 0.833 bits per heavy atom. The third-order valence-corrected chi connectivity index (χ3v) is 5.29. The Morgan fingerprint density at radius 2 is 1.63 bits per heavy atom. The highest BCUT2D eigenvalue weighted by Crippen LogP contribution is 2.26. The number of hydrogen-bond donors (Lipinski definition) is 0. The van der Waals surface area contributed by atoms with Crippen molar-refractivity contribution < 1.29 is 4.42 Å². The summed E-state index contributed by atoms with van der Waals surface area (Å²) < 4.78 is 6.00. The molecule has 3 aromatic carbocycles. The minimum atomic E-state index is 0.669. The van der Waals surface area contributed by atoms with E-state index in [0.29, 0.717) is 12.4 Å². The highest BCUT2D eigenvalue weighted by molar-refractivity contribution is 5.86. The lowest BCUT2D eigenvalue weighted by Crippen LogP contribution is -2.18. The summed E-state index contributed by atoms with van der Waals surface area (Å²) in [7, 11) is 2.09. The second-order valence-corrected chi connectivity index (χ2v) is 7.64. The monoisotopic (exact) mass is 394 g/mol. The standard InChI is InChI=1S/C25H22N4O/c1-17-24(16-29(2)15-18-7-10-22-23(13-18)27-12-11-26-22)28-25(30-17)21-9-8-19-5-3-4-6-20(19)14-21/h3-14H,15-16H2,1-2H3. The summed E-state index contributed by atoms with van der Waals surface area (Å²) in [5.74, 6) is 1.53. The van der Waals surface area contributed by atoms with Crippen LogP contribution >= 0.6 is 0 Å². The van der Waals surface area contributed by atoms with Gasteiger partial charge in [0, 0.05) is 31.0 Å². The molecule has 0 atom stereocenters. The summed E-state index contributed by atoms with van der Waals surface area (Å²) in [5.41, 5.74) is 4.98. The van der Waals surface area contributed by atoms with E-state index >= 15 is 0 Å². The van der Waals surface area contributed by atoms with Crippen LogP contribution in [0.2, 0.25) is 0 Å². The molecule has 5 aromatic rings. The second-order valence-electron chi connectivity index (χ2n) is 7.64. The van der Waals surface area contributed by atoms with Gasteiger partial charge in [-0.3, -0.25) is 14.9 Å². The number of aromatic nitrogens is 3. The zero-order valence-corrected chi connectivity index (χ0v) is 17.0. The predicted octanol–water partition coefficient (Wildman–Crippen LogP) is 5.38. The number of oxazole rings is 1. The molecule has 2 aromatic heterocycles. The smallest absolute Gasteiger partial charge is 0.226 e. The fraction of sp³-hybridized carbons (Fsp3) is 0.160. The molecule has 0 aliphatic carbocycles. The van der Waals surface area contributed by atoms with Crippen LogP contribution in [0.15, 0.2) is 77.5 Å². The van der Waals surface area contributed by atoms with E-state index in [9.17, 15) is 0 Å². The molecule has 148 valence electrons. The molecule has 0 saturated carbocycles. The lowest BCUT2D eigenvalue weighted by atomic mass is 10.1. The third-order valence-electron chi connectivity index (χ3n) is 5.29. The molecule has 0 aliphatic heterocycles. The quantitative estimate of drug-likeness (QED) is 0.401. The normalized spacial score (nSPS) is 11.6. The van der Waals surface area contributed by atoms with E-state index in [2.05, 4.69) is 64.4 Å². The van der Waals surface area contributed by atoms with E-state index in [4.69, 9.17) is 9.40 Å². The number of rotatable bonds is 5. The van der Waals surface area contributed by atoms with E-state index < -0.39 is 0 Å². The van der Waals surface area contributed by atoms with Crippen LogP contribution in [0.3, 0.4) is 0 Å². The van der Waals surface area contributed by atoms with Gasteiger partial charge in [-0.2, -0.15) is 0 Å². The first kappa shape index (κ1) is 18.5. The summed E-state index contributed by atoms with van der Waals surface area (Å²) in [6, 6.07) is 20.8. The molecule has 0 unspecified atom stereocenters. The third kappa shape index (κ3) is 3.67. The van der Waals surface area contributed by atoms with Crippen molar-refractivity contribution in [2.75, 3.05) is 7.05 Å². The Balaban J connectivity index is 1.34. The Kier molecular flexibility index (Phi) is 4.73. The van der Waals surface area contributed by atoms with E-state index in [0.717, 1.165) is 34.6 Å². The summed E-state index contributed by atoms with van der Waals surface area (Å²) in [4.78, 5) is 15.7. The number of hydrogen-bond acceptors (Lipinski definition) is 5. The lowest BCUT2D eigenvalue weighted by Gasteiger charge is -2.15. The number of fused-ring (bicyclic) bond motifs is 2. The maximum Gasteiger partial charge on any atom is 0.226 e. The number of nitrogens with zero attached hydrogens (tertiary/aromatic N) is 4. The van der Waals surface area contributed by atoms with E-state index in [-0.39, 0.29) is 0 Å². The van der Waals surface area contributed by atoms with Crippen molar-refractivity contribution in [3.05, 3.63) is 90.1 Å². The maximum absolute atomic E-state index is 6.00. The van der Waals surface area contributed by atoms with Gasteiger partial charge in [-0.05, 0) is 54.6 Å². The molecule has 2 heterocycles. The average Bonchev–Trinajstić information content (AvgIpc) is 3.13. The molecule has 0 fully saturated rings. The predicted molar refractivity (Wildman–Crippen MR) is 119 cm³/mol. The van der Waals surface area contributed by atoms with Gasteiger partial charge in [-0.1, -0.05) is 36.4 Å². The summed E-state index contributed by atoms with van der Waals surface area (Å²) in [6.07, 6.45) is 3.44. The molecular weight excluding hydrogens is 372 g/mol. The van der Waals surface area contributed by atoms with Crippen LogP contribution in [-0.4, -0.2) is 26.9 Å². The molecule has 30 heavy (non-hydrogen) atoms. The van der Waals surface area contributed by atoms with E-state index in [1.54, 1.807) is 12.4 Å². The van der Waals surface area contributed by atoms with E-state index in [1.165, 1.54) is 16.3 Å². The van der Waals surface area contributed by atoms with Gasteiger partial charge in [-0.15, -0.1) is 0 Å². The molecule has 0 aliphatic rings. The van der Waals surface area contributed by atoms with Crippen LogP contribution in [0.1, 0.15) is 17.0 Å². The molecule has 0 saturated heterocycles. The number of benzene rings is 3. The Hall–Kier alpha value is -3.57. The van der Waals surface area contributed by atoms with Gasteiger partial charge in [0.05, 0.1) is 16.7 Å². The molecule has 5 nitrogen and oxygen atoms in total. The highest BCUT2D eigenvalue weighted by atomic mass is 16.4. The minimum Gasteiger partial charge on any atom is -0.441 e. The molecule has 0 spiro atoms. The topological polar surface area (TPSA) is 55.1 Å². The van der Waals surface area contributed by atoms with Crippen LogP contribution in [0.4, 0.5) is 0 Å². The largest absolute Gasteiger partial charge is 0.441 e. The van der Waals surface area contributed by atoms with Crippen molar-refractivity contribution in [2.45, 2.75) is 20.0 Å². The van der Waals surface area contributed by atoms with Crippen molar-refractivity contribution in [3.8, 4) is 11.5 Å². The molecular formula is C25H22N4O. The van der Waals surface area contributed by atoms with Crippen LogP contribution < -0.4 is 0 Å². The minimum absolute atomic E-state index is 0.669. The van der Waals surface area contributed by atoms with Crippen molar-refractivity contribution in [3.63, 3.8) is 0 Å². The highest BCUT2D eigenvalue weighted by Gasteiger charge is 2.14. The van der Waals surface area contributed by atoms with Crippen LogP contribution in [0.25, 0.3) is 33.3 Å². The van der Waals surface area contributed by atoms with Crippen molar-refractivity contribution in [2.24, 2.45) is 0 Å². The Labute approximate surface area is 175 Å². The Morgan fingerprint density at radius 3 is 2.50 bits per heavy atom. The fourth-order valence-corrected chi connectivity index (χ4v) is 3.75. The van der Waals surface area contributed by atoms with Gasteiger partial charge in [0.15, 0.2) is 0 Å². The fourth-order valence-electron chi connectivity index (χ4n) is 3.75. The van der Waals surface area contributed by atoms with Crippen LogP contribution in [0.5, 0.6) is 0 Å². The molecule has 0 radical (unpaired) electrons. The number of aryl methyl sites for hydroxylation is 1. The van der Waals surface area contributed by atoms with Gasteiger partial charge in [0.25, 0.3) is 0 Å². The second kappa shape index (κ2) is 7.69. The molecule has 5 rings (SSSR count). The molecule has 0 amide bonds. The van der Waals surface area contributed by atoms with Crippen LogP contribution in [0, 0.1) is 6.92 Å². The molecule has 5 heteroatoms. The zero-order valence-electron chi connectivity index (χ0n) is 17.0. The summed E-state index contributed by atoms with van der Waals surface area (Å²) in [5, 5.41) is 2.40. The van der Waals surface area contributed by atoms with Gasteiger partial charge in [-0.25, -0.2) is 4.98 Å². The van der Waals surface area contributed by atoms with Crippen LogP contribution in [-0.2, 0) is 13.1 Å². The van der Waals surface area contributed by atoms with Crippen molar-refractivity contribution in [1.29, 1.82) is 0 Å². The van der Waals surface area contributed by atoms with Gasteiger partial charge in [0.2, 0.25) is 5.89 Å². The summed E-state index contributed by atoms with van der Waals surface area (Å²) in [6.45, 7) is 3.48. The van der Waals surface area contributed by atoms with Gasteiger partial charge >= 0.3 is 0 Å². The first-order valence-electron chi connectivity index (χ1n) is 9.99. The average molecular weight is 394 g/mol. The molecule has 0 bridgehead atoms. The lowest BCUT2D eigenvalue weighted by molar-refractivity contribution is 0.313. The van der Waals surface area contributed by atoms with Gasteiger partial charge in [0.1, 0.15) is 5.76 Å². The zero-order chi connectivity index (χ0) is 20.5. The van der Waals surface area contributed by atoms with Gasteiger partial charge < -0.3 is 4.42 Å². The first-order valence-corrected chi connectivity index (χ1v) is 9.99. The first-order chi connectivity index (χ1) is 14.7. The maximum atomic E-state index is 6.00. The molecule has 0 N–H and O–H groups in total. The van der Waals surface area contributed by atoms with Crippen molar-refractivity contribution in [1.82, 2.24) is 19.9 Å². The summed E-state index contributed by atoms with van der Waals surface area (Å²) >= 11 is 0. The SMILES string of the molecule is Cc1oc(-c2ccc3ccccc3c2)nc1CN(C)Cc1ccc2nccnc2c1. The van der Waals surface area contributed by atoms with E-state index in [1.807, 2.05) is 25.1 Å². The van der Waals surface area contributed by atoms with Crippen molar-refractivity contribution >= 4 is 21.8 Å². The Bertz CT molecular complexity index is 1340.